The molecule has 0 aliphatic carbocycles. The van der Waals surface area contributed by atoms with Crippen LogP contribution in [0, 0.1) is 32.1 Å². The van der Waals surface area contributed by atoms with Gasteiger partial charge >= 0.3 is 11.8 Å². The second kappa shape index (κ2) is 9.51. The monoisotopic (exact) mass is 454 g/mol. The lowest BCUT2D eigenvalue weighted by Gasteiger charge is -2.26. The van der Waals surface area contributed by atoms with E-state index in [2.05, 4.69) is 10.6 Å². The summed E-state index contributed by atoms with van der Waals surface area (Å²) in [6.07, 6.45) is 1.26. The minimum absolute atomic E-state index is 0.0232. The molecule has 1 heterocycles. The molecule has 3 rings (SSSR count). The lowest BCUT2D eigenvalue weighted by atomic mass is 10.1. The van der Waals surface area contributed by atoms with Crippen LogP contribution < -0.4 is 10.6 Å². The van der Waals surface area contributed by atoms with Gasteiger partial charge in [0.05, 0.1) is 16.1 Å². The van der Waals surface area contributed by atoms with Gasteiger partial charge in [-0.15, -0.1) is 0 Å². The molecule has 0 spiro atoms. The van der Waals surface area contributed by atoms with Crippen molar-refractivity contribution in [2.45, 2.75) is 44.6 Å². The molecule has 1 fully saturated rings. The minimum Gasteiger partial charge on any atom is -0.346 e. The minimum atomic E-state index is -3.75. The van der Waals surface area contributed by atoms with Crippen LogP contribution in [0.2, 0.25) is 0 Å². The molecule has 32 heavy (non-hydrogen) atoms. The first-order valence-electron chi connectivity index (χ1n) is 10.3. The first kappa shape index (κ1) is 23.4. The van der Waals surface area contributed by atoms with Crippen molar-refractivity contribution in [1.29, 1.82) is 5.26 Å². The summed E-state index contributed by atoms with van der Waals surface area (Å²) in [4.78, 5) is 24.8. The molecule has 0 bridgehead atoms. The third-order valence-electron chi connectivity index (χ3n) is 5.49. The molecule has 168 valence electrons. The number of nitriles is 1. The van der Waals surface area contributed by atoms with Gasteiger partial charge in [-0.05, 0) is 56.9 Å². The largest absolute Gasteiger partial charge is 0.346 e. The molecule has 0 radical (unpaired) electrons. The van der Waals surface area contributed by atoms with Crippen LogP contribution in [-0.4, -0.2) is 43.7 Å². The van der Waals surface area contributed by atoms with Crippen molar-refractivity contribution in [3.8, 4) is 6.07 Å². The van der Waals surface area contributed by atoms with Gasteiger partial charge in [-0.2, -0.15) is 9.57 Å². The lowest BCUT2D eigenvalue weighted by Crippen LogP contribution is -2.45. The number of carbonyl (C=O) groups is 2. The highest BCUT2D eigenvalue weighted by molar-refractivity contribution is 7.89. The summed E-state index contributed by atoms with van der Waals surface area (Å²) < 4.78 is 28.2. The second-order valence-corrected chi connectivity index (χ2v) is 9.79. The molecule has 2 amide bonds. The fraction of sp³-hybridized carbons (Fsp3) is 0.348. The number of sulfonamides is 1. The summed E-state index contributed by atoms with van der Waals surface area (Å²) in [6.45, 7) is 5.86. The number of rotatable bonds is 5. The fourth-order valence-corrected chi connectivity index (χ4v) is 6.29. The number of nitrogens with one attached hydrogen (secondary N) is 2. The Labute approximate surface area is 188 Å². The van der Waals surface area contributed by atoms with E-state index >= 15 is 0 Å². The number of nitrogens with zero attached hydrogens (tertiary/aromatic N) is 2. The van der Waals surface area contributed by atoms with Crippen LogP contribution in [0.4, 0.5) is 5.69 Å². The first-order valence-corrected chi connectivity index (χ1v) is 11.8. The van der Waals surface area contributed by atoms with Crippen molar-refractivity contribution in [2.24, 2.45) is 0 Å². The van der Waals surface area contributed by atoms with Gasteiger partial charge in [0.1, 0.15) is 6.07 Å². The molecule has 8 nitrogen and oxygen atoms in total. The number of para-hydroxylation sites is 1. The maximum absolute atomic E-state index is 13.4. The van der Waals surface area contributed by atoms with E-state index in [1.165, 1.54) is 16.4 Å². The zero-order valence-corrected chi connectivity index (χ0v) is 19.1. The Morgan fingerprint density at radius 2 is 1.78 bits per heavy atom. The number of amides is 2. The topological polar surface area (TPSA) is 119 Å². The zero-order valence-electron chi connectivity index (χ0n) is 18.3. The number of aryl methyl sites for hydroxylation is 3. The smallest absolute Gasteiger partial charge is 0.313 e. The van der Waals surface area contributed by atoms with Crippen LogP contribution in [0.25, 0.3) is 0 Å². The van der Waals surface area contributed by atoms with Gasteiger partial charge in [0.2, 0.25) is 10.0 Å². The first-order chi connectivity index (χ1) is 15.1. The van der Waals surface area contributed by atoms with E-state index < -0.39 is 27.9 Å². The second-order valence-electron chi connectivity index (χ2n) is 7.96. The van der Waals surface area contributed by atoms with Crippen LogP contribution in [0.15, 0.2) is 41.3 Å². The average Bonchev–Trinajstić information content (AvgIpc) is 3.21. The fourth-order valence-electron chi connectivity index (χ4n) is 4.18. The normalized spacial score (nSPS) is 16.4. The van der Waals surface area contributed by atoms with Crippen LogP contribution in [0.5, 0.6) is 0 Å². The van der Waals surface area contributed by atoms with E-state index in [1.54, 1.807) is 26.0 Å². The number of carbonyl (C=O) groups excluding carboxylic acids is 2. The standard InChI is InChI=1S/C23H26N4O4S/c1-15-11-16(2)21(17(3)12-15)32(30,31)27-10-6-8-19(27)14-25-22(28)23(29)26-20-9-5-4-7-18(20)13-24/h4-5,7,9,11-12,19H,6,8,10,14H2,1-3H3,(H,25,28)(H,26,29)/t19-/m1/s1. The number of anilines is 1. The van der Waals surface area contributed by atoms with E-state index in [-0.39, 0.29) is 17.8 Å². The zero-order chi connectivity index (χ0) is 23.5. The highest BCUT2D eigenvalue weighted by Gasteiger charge is 2.37. The van der Waals surface area contributed by atoms with Gasteiger partial charge in [0, 0.05) is 19.1 Å². The molecule has 2 N–H and O–H groups in total. The van der Waals surface area contributed by atoms with Crippen molar-refractivity contribution in [3.05, 3.63) is 58.7 Å². The summed E-state index contributed by atoms with van der Waals surface area (Å²) in [6, 6.07) is 11.6. The van der Waals surface area contributed by atoms with Gasteiger partial charge in [0.25, 0.3) is 0 Å². The summed E-state index contributed by atoms with van der Waals surface area (Å²) in [5.41, 5.74) is 2.85. The Kier molecular flexibility index (Phi) is 6.96. The molecule has 0 aromatic heterocycles. The van der Waals surface area contributed by atoms with Crippen LogP contribution in [0.1, 0.15) is 35.1 Å². The Bertz CT molecular complexity index is 1180. The van der Waals surface area contributed by atoms with Crippen molar-refractivity contribution >= 4 is 27.5 Å². The number of benzene rings is 2. The third-order valence-corrected chi connectivity index (χ3v) is 7.75. The van der Waals surface area contributed by atoms with Crippen molar-refractivity contribution in [3.63, 3.8) is 0 Å². The molecule has 1 saturated heterocycles. The molecular weight excluding hydrogens is 428 g/mol. The Balaban J connectivity index is 1.69. The van der Waals surface area contributed by atoms with Crippen molar-refractivity contribution < 1.29 is 18.0 Å². The highest BCUT2D eigenvalue weighted by atomic mass is 32.2. The van der Waals surface area contributed by atoms with Gasteiger partial charge < -0.3 is 10.6 Å². The average molecular weight is 455 g/mol. The van der Waals surface area contributed by atoms with E-state index in [9.17, 15) is 18.0 Å². The number of hydrogen-bond donors (Lipinski definition) is 2. The Morgan fingerprint density at radius 1 is 1.12 bits per heavy atom. The van der Waals surface area contributed by atoms with E-state index in [4.69, 9.17) is 5.26 Å². The number of hydrogen-bond acceptors (Lipinski definition) is 5. The summed E-state index contributed by atoms with van der Waals surface area (Å²) in [5.74, 6) is -1.80. The Hall–Kier alpha value is -3.22. The van der Waals surface area contributed by atoms with E-state index in [0.717, 1.165) is 5.56 Å². The molecule has 2 aromatic rings. The maximum atomic E-state index is 13.4. The molecule has 1 aliphatic rings. The van der Waals surface area contributed by atoms with Crippen LogP contribution >= 0.6 is 0 Å². The van der Waals surface area contributed by atoms with Gasteiger partial charge in [-0.25, -0.2) is 8.42 Å². The van der Waals surface area contributed by atoms with Crippen LogP contribution in [0.3, 0.4) is 0 Å². The Morgan fingerprint density at radius 3 is 2.44 bits per heavy atom. The quantitative estimate of drug-likeness (QED) is 0.673. The predicted molar refractivity (Wildman–Crippen MR) is 120 cm³/mol. The molecular formula is C23H26N4O4S. The predicted octanol–water partition coefficient (Wildman–Crippen LogP) is 2.39. The van der Waals surface area contributed by atoms with Gasteiger partial charge in [0.15, 0.2) is 0 Å². The van der Waals surface area contributed by atoms with Gasteiger partial charge in [-0.1, -0.05) is 29.8 Å². The molecule has 9 heteroatoms. The molecule has 2 aromatic carbocycles. The van der Waals surface area contributed by atoms with Crippen molar-refractivity contribution in [1.82, 2.24) is 9.62 Å². The van der Waals surface area contributed by atoms with Crippen molar-refractivity contribution in [2.75, 3.05) is 18.4 Å². The summed E-state index contributed by atoms with van der Waals surface area (Å²) in [7, 11) is -3.75. The van der Waals surface area contributed by atoms with Gasteiger partial charge in [-0.3, -0.25) is 9.59 Å². The maximum Gasteiger partial charge on any atom is 0.313 e. The molecule has 1 atom stereocenters. The molecule has 0 unspecified atom stereocenters. The summed E-state index contributed by atoms with van der Waals surface area (Å²) >= 11 is 0. The van der Waals surface area contributed by atoms with E-state index in [1.807, 2.05) is 25.1 Å². The highest BCUT2D eigenvalue weighted by Crippen LogP contribution is 2.30. The third kappa shape index (κ3) is 4.82. The summed E-state index contributed by atoms with van der Waals surface area (Å²) in [5, 5.41) is 14.1. The lowest BCUT2D eigenvalue weighted by molar-refractivity contribution is -0.136. The molecule has 0 saturated carbocycles. The SMILES string of the molecule is Cc1cc(C)c(S(=O)(=O)N2CCC[C@@H]2CNC(=O)C(=O)Nc2ccccc2C#N)c(C)c1. The van der Waals surface area contributed by atoms with E-state index in [0.29, 0.717) is 35.4 Å². The van der Waals surface area contributed by atoms with Crippen LogP contribution in [-0.2, 0) is 19.6 Å². The molecule has 1 aliphatic heterocycles.